The Morgan fingerprint density at radius 3 is 2.57 bits per heavy atom. The molecule has 2 heterocycles. The molecule has 0 atom stereocenters. The fourth-order valence-electron chi connectivity index (χ4n) is 3.15. The molecule has 0 aromatic heterocycles. The lowest BCUT2D eigenvalue weighted by Crippen LogP contribution is -2.45. The average Bonchev–Trinajstić information content (AvgIpc) is 2.74. The quantitative estimate of drug-likeness (QED) is 0.768. The second-order valence-corrected chi connectivity index (χ2v) is 6.14. The third-order valence-electron chi connectivity index (χ3n) is 4.53. The molecule has 0 bridgehead atoms. The molecular weight excluding hydrogens is 270 g/mol. The Balaban J connectivity index is 1.68. The number of hydrogen-bond acceptors (Lipinski definition) is 4. The van der Waals surface area contributed by atoms with Crippen molar-refractivity contribution in [3.8, 4) is 0 Å². The van der Waals surface area contributed by atoms with Gasteiger partial charge in [0.2, 0.25) is 5.91 Å². The Hall–Kier alpha value is -1.14. The normalized spacial score (nSPS) is 22.0. The van der Waals surface area contributed by atoms with Crippen molar-refractivity contribution < 1.29 is 14.7 Å². The van der Waals surface area contributed by atoms with Crippen molar-refractivity contribution in [1.82, 2.24) is 15.1 Å². The van der Waals surface area contributed by atoms with Gasteiger partial charge in [-0.1, -0.05) is 0 Å². The van der Waals surface area contributed by atoms with Crippen molar-refractivity contribution in [2.24, 2.45) is 5.92 Å². The van der Waals surface area contributed by atoms with E-state index in [1.807, 2.05) is 4.90 Å². The summed E-state index contributed by atoms with van der Waals surface area (Å²) in [7, 11) is 0. The van der Waals surface area contributed by atoms with Crippen LogP contribution in [0.1, 0.15) is 32.1 Å². The van der Waals surface area contributed by atoms with Gasteiger partial charge in [-0.2, -0.15) is 0 Å². The van der Waals surface area contributed by atoms with Crippen LogP contribution < -0.4 is 5.32 Å². The highest BCUT2D eigenvalue weighted by molar-refractivity contribution is 5.78. The smallest absolute Gasteiger partial charge is 0.303 e. The number of piperidine rings is 1. The van der Waals surface area contributed by atoms with Gasteiger partial charge < -0.3 is 15.3 Å². The highest BCUT2D eigenvalue weighted by Gasteiger charge is 2.24. The molecule has 0 saturated carbocycles. The predicted octanol–water partition coefficient (Wildman–Crippen LogP) is 0.385. The van der Waals surface area contributed by atoms with Crippen LogP contribution in [0.4, 0.5) is 0 Å². The summed E-state index contributed by atoms with van der Waals surface area (Å²) >= 11 is 0. The molecule has 2 aliphatic heterocycles. The van der Waals surface area contributed by atoms with Crippen LogP contribution in [-0.4, -0.2) is 72.6 Å². The van der Waals surface area contributed by atoms with Crippen molar-refractivity contribution in [3.05, 3.63) is 0 Å². The van der Waals surface area contributed by atoms with E-state index in [4.69, 9.17) is 5.11 Å². The van der Waals surface area contributed by atoms with Crippen molar-refractivity contribution in [2.45, 2.75) is 32.1 Å². The van der Waals surface area contributed by atoms with Crippen LogP contribution in [0.5, 0.6) is 0 Å². The summed E-state index contributed by atoms with van der Waals surface area (Å²) in [6, 6.07) is 0. The SMILES string of the molecule is O=C(O)CCC1CCN(C(=O)CN2CCCNCC2)CC1. The lowest BCUT2D eigenvalue weighted by atomic mass is 9.92. The zero-order valence-corrected chi connectivity index (χ0v) is 12.7. The molecule has 0 spiro atoms. The van der Waals surface area contributed by atoms with Crippen molar-refractivity contribution in [3.63, 3.8) is 0 Å². The minimum atomic E-state index is -0.719. The zero-order valence-electron chi connectivity index (χ0n) is 12.7. The van der Waals surface area contributed by atoms with Crippen molar-refractivity contribution in [2.75, 3.05) is 45.8 Å². The van der Waals surface area contributed by atoms with Gasteiger partial charge in [-0.25, -0.2) is 0 Å². The first-order chi connectivity index (χ1) is 10.1. The summed E-state index contributed by atoms with van der Waals surface area (Å²) in [5.74, 6) is -0.0237. The molecule has 6 heteroatoms. The molecule has 2 saturated heterocycles. The summed E-state index contributed by atoms with van der Waals surface area (Å²) in [5.41, 5.74) is 0. The Bertz CT molecular complexity index is 346. The average molecular weight is 297 g/mol. The van der Waals surface area contributed by atoms with Gasteiger partial charge in [-0.3, -0.25) is 14.5 Å². The van der Waals surface area contributed by atoms with E-state index in [2.05, 4.69) is 10.2 Å². The molecular formula is C15H27N3O3. The molecule has 0 aromatic rings. The molecule has 2 aliphatic rings. The summed E-state index contributed by atoms with van der Waals surface area (Å²) in [5, 5.41) is 12.1. The maximum absolute atomic E-state index is 12.3. The van der Waals surface area contributed by atoms with Crippen LogP contribution in [-0.2, 0) is 9.59 Å². The van der Waals surface area contributed by atoms with E-state index in [1.165, 1.54) is 0 Å². The number of rotatable bonds is 5. The first-order valence-electron chi connectivity index (χ1n) is 8.08. The molecule has 2 fully saturated rings. The van der Waals surface area contributed by atoms with E-state index < -0.39 is 5.97 Å². The molecule has 2 N–H and O–H groups in total. The third kappa shape index (κ3) is 5.63. The number of carbonyl (C=O) groups is 2. The van der Waals surface area contributed by atoms with Crippen LogP contribution in [0.25, 0.3) is 0 Å². The van der Waals surface area contributed by atoms with E-state index in [1.54, 1.807) is 0 Å². The lowest BCUT2D eigenvalue weighted by molar-refractivity contribution is -0.138. The van der Waals surface area contributed by atoms with Gasteiger partial charge in [0.15, 0.2) is 0 Å². The zero-order chi connectivity index (χ0) is 15.1. The van der Waals surface area contributed by atoms with Crippen LogP contribution in [0.15, 0.2) is 0 Å². The van der Waals surface area contributed by atoms with Gasteiger partial charge in [-0.05, 0) is 44.7 Å². The van der Waals surface area contributed by atoms with E-state index in [0.29, 0.717) is 12.5 Å². The van der Waals surface area contributed by atoms with E-state index in [9.17, 15) is 9.59 Å². The lowest BCUT2D eigenvalue weighted by Gasteiger charge is -2.33. The Morgan fingerprint density at radius 1 is 1.10 bits per heavy atom. The first kappa shape index (κ1) is 16.2. The van der Waals surface area contributed by atoms with Gasteiger partial charge in [0.1, 0.15) is 0 Å². The summed E-state index contributed by atoms with van der Waals surface area (Å²) < 4.78 is 0. The number of carbonyl (C=O) groups excluding carboxylic acids is 1. The number of nitrogens with one attached hydrogen (secondary N) is 1. The van der Waals surface area contributed by atoms with E-state index in [-0.39, 0.29) is 12.3 Å². The standard InChI is InChI=1S/C15H27N3O3/c19-14(12-17-8-1-6-16-7-11-17)18-9-4-13(5-10-18)2-3-15(20)21/h13,16H,1-12H2,(H,20,21). The number of hydrogen-bond donors (Lipinski definition) is 2. The molecule has 0 radical (unpaired) electrons. The number of carboxylic acid groups (broad SMARTS) is 1. The summed E-state index contributed by atoms with van der Waals surface area (Å²) in [6.45, 7) is 6.05. The van der Waals surface area contributed by atoms with Crippen LogP contribution in [0.3, 0.4) is 0 Å². The number of carboxylic acids is 1. The van der Waals surface area contributed by atoms with Crippen molar-refractivity contribution >= 4 is 11.9 Å². The molecule has 0 aliphatic carbocycles. The van der Waals surface area contributed by atoms with Crippen LogP contribution in [0, 0.1) is 5.92 Å². The third-order valence-corrected chi connectivity index (χ3v) is 4.53. The number of aliphatic carboxylic acids is 1. The highest BCUT2D eigenvalue weighted by atomic mass is 16.4. The number of amides is 1. The fourth-order valence-corrected chi connectivity index (χ4v) is 3.15. The monoisotopic (exact) mass is 297 g/mol. The van der Waals surface area contributed by atoms with E-state index >= 15 is 0 Å². The van der Waals surface area contributed by atoms with Gasteiger partial charge in [0, 0.05) is 32.6 Å². The molecule has 2 rings (SSSR count). The minimum absolute atomic E-state index is 0.230. The number of likely N-dealkylation sites (tertiary alicyclic amines) is 1. The predicted molar refractivity (Wildman–Crippen MR) is 80.1 cm³/mol. The van der Waals surface area contributed by atoms with Crippen LogP contribution >= 0.6 is 0 Å². The number of nitrogens with zero attached hydrogens (tertiary/aromatic N) is 2. The summed E-state index contributed by atoms with van der Waals surface area (Å²) in [4.78, 5) is 27.1. The second kappa shape index (κ2) is 8.34. The van der Waals surface area contributed by atoms with Crippen molar-refractivity contribution in [1.29, 1.82) is 0 Å². The Kier molecular flexibility index (Phi) is 6.45. The van der Waals surface area contributed by atoms with Gasteiger partial charge in [0.25, 0.3) is 0 Å². The molecule has 120 valence electrons. The summed E-state index contributed by atoms with van der Waals surface area (Å²) in [6.07, 6.45) is 3.99. The highest BCUT2D eigenvalue weighted by Crippen LogP contribution is 2.22. The second-order valence-electron chi connectivity index (χ2n) is 6.14. The Labute approximate surface area is 126 Å². The maximum atomic E-state index is 12.3. The molecule has 0 unspecified atom stereocenters. The van der Waals surface area contributed by atoms with Gasteiger partial charge in [-0.15, -0.1) is 0 Å². The molecule has 21 heavy (non-hydrogen) atoms. The molecule has 6 nitrogen and oxygen atoms in total. The molecule has 0 aromatic carbocycles. The fraction of sp³-hybridized carbons (Fsp3) is 0.867. The topological polar surface area (TPSA) is 72.9 Å². The maximum Gasteiger partial charge on any atom is 0.303 e. The first-order valence-corrected chi connectivity index (χ1v) is 8.08. The van der Waals surface area contributed by atoms with Gasteiger partial charge >= 0.3 is 5.97 Å². The van der Waals surface area contributed by atoms with Gasteiger partial charge in [0.05, 0.1) is 6.54 Å². The van der Waals surface area contributed by atoms with E-state index in [0.717, 1.165) is 65.0 Å². The largest absolute Gasteiger partial charge is 0.481 e. The van der Waals surface area contributed by atoms with Crippen LogP contribution in [0.2, 0.25) is 0 Å². The Morgan fingerprint density at radius 2 is 1.86 bits per heavy atom. The molecule has 1 amide bonds. The minimum Gasteiger partial charge on any atom is -0.481 e.